The quantitative estimate of drug-likeness (QED) is 0.640. The molecule has 0 saturated heterocycles. The molecule has 0 unspecified atom stereocenters. The summed E-state index contributed by atoms with van der Waals surface area (Å²) in [4.78, 5) is 13.9. The minimum absolute atomic E-state index is 0.121. The van der Waals surface area contributed by atoms with Crippen molar-refractivity contribution in [3.8, 4) is 0 Å². The zero-order valence-corrected chi connectivity index (χ0v) is 10.8. The lowest BCUT2D eigenvalue weighted by molar-refractivity contribution is -0.119. The molecule has 0 radical (unpaired) electrons. The van der Waals surface area contributed by atoms with Gasteiger partial charge in [0.1, 0.15) is 0 Å². The van der Waals surface area contributed by atoms with Crippen LogP contribution in [-0.4, -0.2) is 25.7 Å². The van der Waals surface area contributed by atoms with Gasteiger partial charge in [-0.2, -0.15) is 0 Å². The van der Waals surface area contributed by atoms with Gasteiger partial charge in [-0.15, -0.1) is 0 Å². The highest BCUT2D eigenvalue weighted by molar-refractivity contribution is 5.96. The lowest BCUT2D eigenvalue weighted by Gasteiger charge is -2.17. The molecule has 1 aromatic rings. The number of ether oxygens (including phenoxy) is 1. The van der Waals surface area contributed by atoms with Gasteiger partial charge in [0.15, 0.2) is 0 Å². The Labute approximate surface area is 108 Å². The van der Waals surface area contributed by atoms with Gasteiger partial charge in [-0.1, -0.05) is 13.0 Å². The van der Waals surface area contributed by atoms with Crippen molar-refractivity contribution in [3.05, 3.63) is 23.8 Å². The van der Waals surface area contributed by atoms with Crippen LogP contribution in [0.1, 0.15) is 25.3 Å². The normalized spacial score (nSPS) is 13.7. The van der Waals surface area contributed by atoms with Crippen molar-refractivity contribution in [2.24, 2.45) is 0 Å². The summed E-state index contributed by atoms with van der Waals surface area (Å²) in [7, 11) is 0. The van der Waals surface area contributed by atoms with Crippen molar-refractivity contribution in [3.63, 3.8) is 0 Å². The van der Waals surface area contributed by atoms with Crippen LogP contribution in [0.2, 0.25) is 0 Å². The predicted octanol–water partition coefficient (Wildman–Crippen LogP) is 1.97. The largest absolute Gasteiger partial charge is 0.398 e. The van der Waals surface area contributed by atoms with E-state index in [1.165, 1.54) is 0 Å². The van der Waals surface area contributed by atoms with Gasteiger partial charge in [-0.3, -0.25) is 4.79 Å². The zero-order valence-electron chi connectivity index (χ0n) is 10.8. The Kier molecular flexibility index (Phi) is 4.20. The van der Waals surface area contributed by atoms with Crippen molar-refractivity contribution in [1.82, 2.24) is 0 Å². The summed E-state index contributed by atoms with van der Waals surface area (Å²) in [5.41, 5.74) is 8.76. The fourth-order valence-corrected chi connectivity index (χ4v) is 2.26. The summed E-state index contributed by atoms with van der Waals surface area (Å²) < 4.78 is 5.35. The molecule has 98 valence electrons. The molecule has 0 aliphatic carbocycles. The molecular weight excluding hydrogens is 228 g/mol. The average molecular weight is 248 g/mol. The van der Waals surface area contributed by atoms with Gasteiger partial charge in [-0.05, 0) is 25.0 Å². The molecule has 0 bridgehead atoms. The van der Waals surface area contributed by atoms with E-state index >= 15 is 0 Å². The number of nitrogens with two attached hydrogens (primary N) is 1. The van der Waals surface area contributed by atoms with Crippen molar-refractivity contribution in [2.75, 3.05) is 30.4 Å². The lowest BCUT2D eigenvalue weighted by atomic mass is 10.1. The molecule has 0 fully saturated rings. The second-order valence-corrected chi connectivity index (χ2v) is 4.50. The minimum Gasteiger partial charge on any atom is -0.398 e. The Morgan fingerprint density at radius 2 is 2.28 bits per heavy atom. The van der Waals surface area contributed by atoms with E-state index in [2.05, 4.69) is 6.92 Å². The molecule has 1 aliphatic heterocycles. The molecule has 18 heavy (non-hydrogen) atoms. The van der Waals surface area contributed by atoms with Crippen LogP contribution in [0.5, 0.6) is 0 Å². The van der Waals surface area contributed by atoms with Gasteiger partial charge >= 0.3 is 0 Å². The number of hydrogen-bond acceptors (Lipinski definition) is 3. The van der Waals surface area contributed by atoms with E-state index in [9.17, 15) is 4.79 Å². The third-order valence-corrected chi connectivity index (χ3v) is 3.17. The highest BCUT2D eigenvalue weighted by atomic mass is 16.5. The Hall–Kier alpha value is -1.55. The van der Waals surface area contributed by atoms with Gasteiger partial charge in [0, 0.05) is 30.1 Å². The molecule has 1 heterocycles. The molecule has 0 spiro atoms. The first kappa shape index (κ1) is 12.9. The van der Waals surface area contributed by atoms with Crippen molar-refractivity contribution < 1.29 is 9.53 Å². The SMILES string of the molecule is CCCOCCC(=O)N1CCc2c(N)cccc21. The second kappa shape index (κ2) is 5.87. The molecule has 0 saturated carbocycles. The highest BCUT2D eigenvalue weighted by Gasteiger charge is 2.25. The Bertz CT molecular complexity index is 432. The number of amides is 1. The maximum atomic E-state index is 12.1. The first-order valence-corrected chi connectivity index (χ1v) is 6.49. The van der Waals surface area contributed by atoms with Crippen molar-refractivity contribution in [1.29, 1.82) is 0 Å². The van der Waals surface area contributed by atoms with E-state index in [1.54, 1.807) is 0 Å². The minimum atomic E-state index is 0.121. The molecule has 0 aromatic heterocycles. The average Bonchev–Trinajstić information content (AvgIpc) is 2.80. The first-order valence-electron chi connectivity index (χ1n) is 6.49. The molecule has 1 amide bonds. The van der Waals surface area contributed by atoms with Crippen molar-refractivity contribution in [2.45, 2.75) is 26.2 Å². The van der Waals surface area contributed by atoms with Crippen LogP contribution in [0.25, 0.3) is 0 Å². The zero-order chi connectivity index (χ0) is 13.0. The number of nitrogens with zero attached hydrogens (tertiary/aromatic N) is 1. The number of hydrogen-bond donors (Lipinski definition) is 1. The summed E-state index contributed by atoms with van der Waals surface area (Å²) in [5, 5.41) is 0. The summed E-state index contributed by atoms with van der Waals surface area (Å²) >= 11 is 0. The summed E-state index contributed by atoms with van der Waals surface area (Å²) in [6.45, 7) is 4.01. The molecule has 4 nitrogen and oxygen atoms in total. The Morgan fingerprint density at radius 1 is 1.44 bits per heavy atom. The fourth-order valence-electron chi connectivity index (χ4n) is 2.26. The number of fused-ring (bicyclic) bond motifs is 1. The smallest absolute Gasteiger partial charge is 0.229 e. The number of carbonyl (C=O) groups excluding carboxylic acids is 1. The predicted molar refractivity (Wildman–Crippen MR) is 72.6 cm³/mol. The molecule has 1 aromatic carbocycles. The second-order valence-electron chi connectivity index (χ2n) is 4.50. The van der Waals surface area contributed by atoms with E-state index in [-0.39, 0.29) is 5.91 Å². The van der Waals surface area contributed by atoms with Gasteiger partial charge in [0.25, 0.3) is 0 Å². The van der Waals surface area contributed by atoms with Gasteiger partial charge in [-0.25, -0.2) is 0 Å². The van der Waals surface area contributed by atoms with Crippen LogP contribution in [0, 0.1) is 0 Å². The lowest BCUT2D eigenvalue weighted by Crippen LogP contribution is -2.29. The van der Waals surface area contributed by atoms with E-state index in [0.717, 1.165) is 42.9 Å². The monoisotopic (exact) mass is 248 g/mol. The van der Waals surface area contributed by atoms with Gasteiger partial charge in [0.05, 0.1) is 13.0 Å². The number of carbonyl (C=O) groups is 1. The number of anilines is 2. The molecule has 2 rings (SSSR count). The maximum Gasteiger partial charge on any atom is 0.229 e. The molecule has 4 heteroatoms. The fraction of sp³-hybridized carbons (Fsp3) is 0.500. The standard InChI is InChI=1S/C14H20N2O2/c1-2-9-18-10-7-14(17)16-8-6-11-12(15)4-3-5-13(11)16/h3-5H,2,6-10,15H2,1H3. The van der Waals surface area contributed by atoms with Crippen LogP contribution in [0.4, 0.5) is 11.4 Å². The number of rotatable bonds is 5. The number of benzene rings is 1. The Morgan fingerprint density at radius 3 is 3.06 bits per heavy atom. The first-order chi connectivity index (χ1) is 8.74. The van der Waals surface area contributed by atoms with Crippen LogP contribution >= 0.6 is 0 Å². The summed E-state index contributed by atoms with van der Waals surface area (Å²) in [6, 6.07) is 5.74. The summed E-state index contributed by atoms with van der Waals surface area (Å²) in [5.74, 6) is 0.121. The number of nitrogen functional groups attached to an aromatic ring is 1. The van der Waals surface area contributed by atoms with Crippen LogP contribution < -0.4 is 10.6 Å². The molecule has 0 atom stereocenters. The maximum absolute atomic E-state index is 12.1. The van der Waals surface area contributed by atoms with E-state index < -0.39 is 0 Å². The van der Waals surface area contributed by atoms with Gasteiger partial charge < -0.3 is 15.4 Å². The molecule has 1 aliphatic rings. The van der Waals surface area contributed by atoms with Crippen LogP contribution in [0.15, 0.2) is 18.2 Å². The molecule has 2 N–H and O–H groups in total. The van der Waals surface area contributed by atoms with Crippen LogP contribution in [-0.2, 0) is 16.0 Å². The topological polar surface area (TPSA) is 55.6 Å². The third-order valence-electron chi connectivity index (χ3n) is 3.17. The Balaban J connectivity index is 1.96. The van der Waals surface area contributed by atoms with Crippen LogP contribution in [0.3, 0.4) is 0 Å². The van der Waals surface area contributed by atoms with Gasteiger partial charge in [0.2, 0.25) is 5.91 Å². The third kappa shape index (κ3) is 2.64. The van der Waals surface area contributed by atoms with E-state index in [1.807, 2.05) is 23.1 Å². The highest BCUT2D eigenvalue weighted by Crippen LogP contribution is 2.32. The van der Waals surface area contributed by atoms with Crippen molar-refractivity contribution >= 4 is 17.3 Å². The summed E-state index contributed by atoms with van der Waals surface area (Å²) in [6.07, 6.45) is 2.27. The van der Waals surface area contributed by atoms with E-state index in [4.69, 9.17) is 10.5 Å². The van der Waals surface area contributed by atoms with E-state index in [0.29, 0.717) is 13.0 Å². The molecular formula is C14H20N2O2.